The highest BCUT2D eigenvalue weighted by atomic mass is 32.1. The zero-order valence-corrected chi connectivity index (χ0v) is 9.95. The first-order valence-corrected chi connectivity index (χ1v) is 6.21. The highest BCUT2D eigenvalue weighted by Gasteiger charge is 2.46. The van der Waals surface area contributed by atoms with Gasteiger partial charge in [-0.3, -0.25) is 4.79 Å². The van der Waals surface area contributed by atoms with E-state index in [2.05, 4.69) is 17.6 Å². The van der Waals surface area contributed by atoms with Gasteiger partial charge in [0.15, 0.2) is 5.11 Å². The first-order chi connectivity index (χ1) is 7.16. The van der Waals surface area contributed by atoms with E-state index in [0.717, 1.165) is 31.6 Å². The van der Waals surface area contributed by atoms with Crippen molar-refractivity contribution >= 4 is 23.2 Å². The van der Waals surface area contributed by atoms with Crippen molar-refractivity contribution in [3.05, 3.63) is 0 Å². The molecule has 0 atom stereocenters. The Labute approximate surface area is 96.0 Å². The predicted octanol–water partition coefficient (Wildman–Crippen LogP) is 1.72. The number of hydrogen-bond acceptors (Lipinski definition) is 2. The molecule has 1 heterocycles. The Balaban J connectivity index is 1.97. The van der Waals surface area contributed by atoms with Gasteiger partial charge in [0.05, 0.1) is 0 Å². The third-order valence-corrected chi connectivity index (χ3v) is 3.87. The molecule has 0 aromatic rings. The lowest BCUT2D eigenvalue weighted by molar-refractivity contribution is -0.125. The molecule has 2 fully saturated rings. The van der Waals surface area contributed by atoms with Gasteiger partial charge in [-0.15, -0.1) is 0 Å². The van der Waals surface area contributed by atoms with E-state index in [9.17, 15) is 4.79 Å². The van der Waals surface area contributed by atoms with Crippen molar-refractivity contribution in [2.75, 3.05) is 0 Å². The third-order valence-electron chi connectivity index (χ3n) is 3.67. The summed E-state index contributed by atoms with van der Waals surface area (Å²) in [6.45, 7) is 2.22. The van der Waals surface area contributed by atoms with Crippen molar-refractivity contribution in [2.24, 2.45) is 5.92 Å². The van der Waals surface area contributed by atoms with Gasteiger partial charge in [-0.2, -0.15) is 0 Å². The maximum absolute atomic E-state index is 11.8. The predicted molar refractivity (Wildman–Crippen MR) is 63.5 cm³/mol. The van der Waals surface area contributed by atoms with Crippen molar-refractivity contribution in [2.45, 2.75) is 51.0 Å². The number of hydrogen-bond donors (Lipinski definition) is 2. The van der Waals surface area contributed by atoms with E-state index in [1.165, 1.54) is 12.8 Å². The Hall–Kier alpha value is -0.640. The van der Waals surface area contributed by atoms with Crippen LogP contribution in [0.2, 0.25) is 0 Å². The van der Waals surface area contributed by atoms with Gasteiger partial charge >= 0.3 is 0 Å². The number of thiocarbonyl (C=S) groups is 1. The van der Waals surface area contributed by atoms with Crippen molar-refractivity contribution in [1.29, 1.82) is 0 Å². The topological polar surface area (TPSA) is 41.1 Å². The highest BCUT2D eigenvalue weighted by Crippen LogP contribution is 2.35. The molecule has 0 radical (unpaired) electrons. The molecule has 0 bridgehead atoms. The normalized spacial score (nSPS) is 35.4. The first kappa shape index (κ1) is 10.9. The Bertz CT molecular complexity index is 282. The van der Waals surface area contributed by atoms with Gasteiger partial charge in [0.2, 0.25) is 0 Å². The molecular weight excluding hydrogens is 208 g/mol. The molecule has 1 amide bonds. The summed E-state index contributed by atoms with van der Waals surface area (Å²) < 4.78 is 0. The molecule has 0 unspecified atom stereocenters. The monoisotopic (exact) mass is 226 g/mol. The van der Waals surface area contributed by atoms with Gasteiger partial charge in [-0.05, 0) is 43.8 Å². The fourth-order valence-electron chi connectivity index (χ4n) is 2.75. The molecule has 1 aliphatic carbocycles. The standard InChI is InChI=1S/C11H18N2OS/c1-2-3-8-4-6-11(7-5-8)9(14)12-10(15)13-11/h8H,2-7H2,1H3,(H2,12,13,14,15). The molecule has 1 spiro atoms. The average molecular weight is 226 g/mol. The summed E-state index contributed by atoms with van der Waals surface area (Å²) in [6.07, 6.45) is 6.71. The van der Waals surface area contributed by atoms with E-state index >= 15 is 0 Å². The van der Waals surface area contributed by atoms with Crippen LogP contribution in [-0.2, 0) is 4.79 Å². The third kappa shape index (κ3) is 2.00. The van der Waals surface area contributed by atoms with Gasteiger partial charge in [0.25, 0.3) is 5.91 Å². The average Bonchev–Trinajstić information content (AvgIpc) is 2.47. The van der Waals surface area contributed by atoms with E-state index in [1.807, 2.05) is 0 Å². The Kier molecular flexibility index (Phi) is 2.96. The lowest BCUT2D eigenvalue weighted by atomic mass is 9.75. The van der Waals surface area contributed by atoms with Crippen LogP contribution in [0.3, 0.4) is 0 Å². The summed E-state index contributed by atoms with van der Waals surface area (Å²) in [6, 6.07) is 0. The maximum Gasteiger partial charge on any atom is 0.251 e. The second-order valence-corrected chi connectivity index (χ2v) is 5.13. The minimum absolute atomic E-state index is 0.0856. The molecule has 2 rings (SSSR count). The smallest absolute Gasteiger partial charge is 0.251 e. The van der Waals surface area contributed by atoms with Gasteiger partial charge in [0, 0.05) is 0 Å². The summed E-state index contributed by atoms with van der Waals surface area (Å²) in [5.41, 5.74) is -0.360. The maximum atomic E-state index is 11.8. The number of nitrogens with one attached hydrogen (secondary N) is 2. The molecule has 4 heteroatoms. The summed E-state index contributed by atoms with van der Waals surface area (Å²) in [5.74, 6) is 0.895. The van der Waals surface area contributed by atoms with E-state index in [4.69, 9.17) is 12.2 Å². The number of carbonyl (C=O) groups is 1. The SMILES string of the molecule is CCCC1CCC2(CC1)NC(=S)NC2=O. The first-order valence-electron chi connectivity index (χ1n) is 5.80. The summed E-state index contributed by atoms with van der Waals surface area (Å²) >= 11 is 4.99. The lowest BCUT2D eigenvalue weighted by Crippen LogP contribution is -2.49. The molecule has 2 aliphatic rings. The Morgan fingerprint density at radius 3 is 2.60 bits per heavy atom. The van der Waals surface area contributed by atoms with Crippen LogP contribution in [0.1, 0.15) is 45.4 Å². The summed E-state index contributed by atoms with van der Waals surface area (Å²) in [5, 5.41) is 6.37. The van der Waals surface area contributed by atoms with Crippen LogP contribution < -0.4 is 10.6 Å². The Morgan fingerprint density at radius 2 is 2.13 bits per heavy atom. The fourth-order valence-corrected chi connectivity index (χ4v) is 3.04. The Morgan fingerprint density at radius 1 is 1.47 bits per heavy atom. The minimum Gasteiger partial charge on any atom is -0.348 e. The van der Waals surface area contributed by atoms with Crippen molar-refractivity contribution in [3.63, 3.8) is 0 Å². The van der Waals surface area contributed by atoms with Crippen molar-refractivity contribution < 1.29 is 4.79 Å². The van der Waals surface area contributed by atoms with E-state index in [0.29, 0.717) is 5.11 Å². The number of rotatable bonds is 2. The molecule has 3 nitrogen and oxygen atoms in total. The lowest BCUT2D eigenvalue weighted by Gasteiger charge is -2.34. The van der Waals surface area contributed by atoms with Crippen LogP contribution in [0, 0.1) is 5.92 Å². The van der Waals surface area contributed by atoms with Crippen LogP contribution in [0.4, 0.5) is 0 Å². The van der Waals surface area contributed by atoms with Gasteiger partial charge in [0.1, 0.15) is 5.54 Å². The van der Waals surface area contributed by atoms with E-state index in [1.54, 1.807) is 0 Å². The molecule has 1 saturated heterocycles. The fraction of sp³-hybridized carbons (Fsp3) is 0.818. The minimum atomic E-state index is -0.360. The van der Waals surface area contributed by atoms with Crippen LogP contribution in [-0.4, -0.2) is 16.6 Å². The van der Waals surface area contributed by atoms with Crippen LogP contribution in [0.25, 0.3) is 0 Å². The van der Waals surface area contributed by atoms with Crippen molar-refractivity contribution in [1.82, 2.24) is 10.6 Å². The molecule has 1 saturated carbocycles. The number of amides is 1. The molecule has 2 N–H and O–H groups in total. The largest absolute Gasteiger partial charge is 0.348 e. The summed E-state index contributed by atoms with van der Waals surface area (Å²) in [4.78, 5) is 11.8. The number of carbonyl (C=O) groups excluding carboxylic acids is 1. The zero-order valence-electron chi connectivity index (χ0n) is 9.14. The molecule has 1 aliphatic heterocycles. The van der Waals surface area contributed by atoms with Crippen LogP contribution in [0.15, 0.2) is 0 Å². The second-order valence-electron chi connectivity index (χ2n) is 4.72. The zero-order chi connectivity index (χ0) is 10.9. The highest BCUT2D eigenvalue weighted by molar-refractivity contribution is 7.80. The summed E-state index contributed by atoms with van der Waals surface area (Å²) in [7, 11) is 0. The second kappa shape index (κ2) is 4.08. The van der Waals surface area contributed by atoms with Gasteiger partial charge < -0.3 is 10.6 Å². The molecular formula is C11H18N2OS. The quantitative estimate of drug-likeness (QED) is 0.704. The van der Waals surface area contributed by atoms with Crippen molar-refractivity contribution in [3.8, 4) is 0 Å². The molecule has 15 heavy (non-hydrogen) atoms. The van der Waals surface area contributed by atoms with Gasteiger partial charge in [-0.25, -0.2) is 0 Å². The van der Waals surface area contributed by atoms with Crippen LogP contribution >= 0.6 is 12.2 Å². The molecule has 84 valence electrons. The molecule has 0 aromatic carbocycles. The van der Waals surface area contributed by atoms with E-state index in [-0.39, 0.29) is 11.4 Å². The molecule has 0 aromatic heterocycles. The van der Waals surface area contributed by atoms with Gasteiger partial charge in [-0.1, -0.05) is 19.8 Å². The van der Waals surface area contributed by atoms with E-state index < -0.39 is 0 Å². The van der Waals surface area contributed by atoms with Crippen LogP contribution in [0.5, 0.6) is 0 Å².